The predicted molar refractivity (Wildman–Crippen MR) is 71.8 cm³/mol. The Bertz CT molecular complexity index is 637. The van der Waals surface area contributed by atoms with Gasteiger partial charge in [0.15, 0.2) is 5.82 Å². The molecule has 0 bridgehead atoms. The Hall–Kier alpha value is -2.15. The standard InChI is InChI=1S/C15H13F3N2O2/c16-15(17,18)22-12-5-3-10(4-6-12)14-19-7-11(8-20-14)13(21)9-1-2-9/h3-9,13,21H,1-2H2. The van der Waals surface area contributed by atoms with Gasteiger partial charge in [-0.05, 0) is 43.0 Å². The molecule has 1 aromatic heterocycles. The van der Waals surface area contributed by atoms with Crippen molar-refractivity contribution in [3.8, 4) is 17.1 Å². The van der Waals surface area contributed by atoms with Crippen LogP contribution in [-0.2, 0) is 0 Å². The maximum absolute atomic E-state index is 12.1. The van der Waals surface area contributed by atoms with Crippen molar-refractivity contribution in [3.63, 3.8) is 0 Å². The highest BCUT2D eigenvalue weighted by Crippen LogP contribution is 2.40. The average molecular weight is 310 g/mol. The Morgan fingerprint density at radius 2 is 1.68 bits per heavy atom. The molecular weight excluding hydrogens is 297 g/mol. The second-order valence-electron chi connectivity index (χ2n) is 5.19. The maximum Gasteiger partial charge on any atom is 0.573 e. The molecule has 116 valence electrons. The molecule has 0 radical (unpaired) electrons. The number of benzene rings is 1. The lowest BCUT2D eigenvalue weighted by Gasteiger charge is -2.10. The molecule has 22 heavy (non-hydrogen) atoms. The molecule has 1 fully saturated rings. The first-order valence-electron chi connectivity index (χ1n) is 6.78. The van der Waals surface area contributed by atoms with Crippen molar-refractivity contribution in [2.45, 2.75) is 25.3 Å². The summed E-state index contributed by atoms with van der Waals surface area (Å²) in [6.07, 6.45) is -0.153. The van der Waals surface area contributed by atoms with E-state index in [1.54, 1.807) is 12.4 Å². The molecule has 3 rings (SSSR count). The van der Waals surface area contributed by atoms with E-state index >= 15 is 0 Å². The van der Waals surface area contributed by atoms with Gasteiger partial charge in [-0.2, -0.15) is 0 Å². The van der Waals surface area contributed by atoms with E-state index in [0.29, 0.717) is 17.0 Å². The number of aliphatic hydroxyl groups excluding tert-OH is 1. The Morgan fingerprint density at radius 3 is 2.18 bits per heavy atom. The van der Waals surface area contributed by atoms with E-state index < -0.39 is 12.5 Å². The summed E-state index contributed by atoms with van der Waals surface area (Å²) in [6.45, 7) is 0. The van der Waals surface area contributed by atoms with Crippen LogP contribution in [0.1, 0.15) is 24.5 Å². The van der Waals surface area contributed by atoms with Gasteiger partial charge in [0.25, 0.3) is 0 Å². The third-order valence-electron chi connectivity index (χ3n) is 3.43. The Kier molecular flexibility index (Phi) is 3.74. The molecule has 0 spiro atoms. The van der Waals surface area contributed by atoms with Gasteiger partial charge >= 0.3 is 6.36 Å². The van der Waals surface area contributed by atoms with Crippen LogP contribution in [0.4, 0.5) is 13.2 Å². The van der Waals surface area contributed by atoms with Crippen molar-refractivity contribution >= 4 is 0 Å². The summed E-state index contributed by atoms with van der Waals surface area (Å²) < 4.78 is 40.1. The van der Waals surface area contributed by atoms with E-state index in [2.05, 4.69) is 14.7 Å². The van der Waals surface area contributed by atoms with E-state index in [1.807, 2.05) is 0 Å². The highest BCUT2D eigenvalue weighted by atomic mass is 19.4. The number of hydrogen-bond acceptors (Lipinski definition) is 4. The van der Waals surface area contributed by atoms with Gasteiger partial charge < -0.3 is 9.84 Å². The lowest BCUT2D eigenvalue weighted by atomic mass is 10.1. The number of halogens is 3. The lowest BCUT2D eigenvalue weighted by molar-refractivity contribution is -0.274. The fourth-order valence-electron chi connectivity index (χ4n) is 2.13. The summed E-state index contributed by atoms with van der Waals surface area (Å²) in [5, 5.41) is 9.96. The molecule has 0 amide bonds. The molecule has 0 aliphatic heterocycles. The first-order chi connectivity index (χ1) is 10.4. The zero-order valence-electron chi connectivity index (χ0n) is 11.4. The van der Waals surface area contributed by atoms with Gasteiger partial charge in [0.2, 0.25) is 0 Å². The van der Waals surface area contributed by atoms with Gasteiger partial charge in [0.05, 0.1) is 6.10 Å². The first kappa shape index (κ1) is 14.8. The third-order valence-corrected chi connectivity index (χ3v) is 3.43. The first-order valence-corrected chi connectivity index (χ1v) is 6.78. The van der Waals surface area contributed by atoms with E-state index in [9.17, 15) is 18.3 Å². The van der Waals surface area contributed by atoms with E-state index in [1.165, 1.54) is 24.3 Å². The summed E-state index contributed by atoms with van der Waals surface area (Å²) in [7, 11) is 0. The van der Waals surface area contributed by atoms with Crippen molar-refractivity contribution in [3.05, 3.63) is 42.2 Å². The minimum Gasteiger partial charge on any atom is -0.406 e. The van der Waals surface area contributed by atoms with Crippen LogP contribution in [0.2, 0.25) is 0 Å². The molecule has 1 atom stereocenters. The third kappa shape index (κ3) is 3.54. The van der Waals surface area contributed by atoms with Crippen LogP contribution >= 0.6 is 0 Å². The fourth-order valence-corrected chi connectivity index (χ4v) is 2.13. The zero-order valence-corrected chi connectivity index (χ0v) is 11.4. The normalized spacial score (nSPS) is 16.4. The zero-order chi connectivity index (χ0) is 15.7. The number of hydrogen-bond donors (Lipinski definition) is 1. The highest BCUT2D eigenvalue weighted by Gasteiger charge is 2.31. The van der Waals surface area contributed by atoms with Gasteiger partial charge in [0, 0.05) is 23.5 Å². The lowest BCUT2D eigenvalue weighted by Crippen LogP contribution is -2.16. The predicted octanol–water partition coefficient (Wildman–Crippen LogP) is 3.49. The van der Waals surface area contributed by atoms with Crippen LogP contribution < -0.4 is 4.74 Å². The number of aromatic nitrogens is 2. The SMILES string of the molecule is OC(c1cnc(-c2ccc(OC(F)(F)F)cc2)nc1)C1CC1. The molecular formula is C15H13F3N2O2. The topological polar surface area (TPSA) is 55.2 Å². The number of rotatable bonds is 4. The molecule has 1 unspecified atom stereocenters. The molecule has 1 N–H and O–H groups in total. The summed E-state index contributed by atoms with van der Waals surface area (Å²) in [4.78, 5) is 8.30. The molecule has 1 aliphatic rings. The summed E-state index contributed by atoms with van der Waals surface area (Å²) in [5.41, 5.74) is 1.23. The van der Waals surface area contributed by atoms with Crippen LogP contribution in [0, 0.1) is 5.92 Å². The largest absolute Gasteiger partial charge is 0.573 e. The van der Waals surface area contributed by atoms with Crippen molar-refractivity contribution in [2.24, 2.45) is 5.92 Å². The number of ether oxygens (including phenoxy) is 1. The molecule has 1 aromatic carbocycles. The van der Waals surface area contributed by atoms with Crippen molar-refractivity contribution in [1.29, 1.82) is 0 Å². The van der Waals surface area contributed by atoms with Crippen molar-refractivity contribution in [2.75, 3.05) is 0 Å². The minimum absolute atomic E-state index is 0.285. The van der Waals surface area contributed by atoms with Crippen LogP contribution in [0.3, 0.4) is 0 Å². The second kappa shape index (κ2) is 5.57. The number of alkyl halides is 3. The van der Waals surface area contributed by atoms with Gasteiger partial charge in [-0.1, -0.05) is 0 Å². The molecule has 1 heterocycles. The van der Waals surface area contributed by atoms with Gasteiger partial charge in [-0.25, -0.2) is 9.97 Å². The van der Waals surface area contributed by atoms with Gasteiger partial charge in [0.1, 0.15) is 5.75 Å². The number of nitrogens with zero attached hydrogens (tertiary/aromatic N) is 2. The Balaban J connectivity index is 1.73. The maximum atomic E-state index is 12.1. The van der Waals surface area contributed by atoms with Crippen molar-refractivity contribution < 1.29 is 23.0 Å². The van der Waals surface area contributed by atoms with E-state index in [4.69, 9.17) is 0 Å². The molecule has 1 aliphatic carbocycles. The van der Waals surface area contributed by atoms with E-state index in [-0.39, 0.29) is 11.7 Å². The monoisotopic (exact) mass is 310 g/mol. The average Bonchev–Trinajstić information content (AvgIpc) is 3.30. The van der Waals surface area contributed by atoms with Crippen molar-refractivity contribution in [1.82, 2.24) is 9.97 Å². The van der Waals surface area contributed by atoms with Gasteiger partial charge in [-0.15, -0.1) is 13.2 Å². The summed E-state index contributed by atoms with van der Waals surface area (Å²) in [6, 6.07) is 5.32. The second-order valence-corrected chi connectivity index (χ2v) is 5.19. The minimum atomic E-state index is -4.71. The van der Waals surface area contributed by atoms with Crippen LogP contribution in [0.5, 0.6) is 5.75 Å². The summed E-state index contributed by atoms with van der Waals surface area (Å²) >= 11 is 0. The molecule has 0 saturated heterocycles. The highest BCUT2D eigenvalue weighted by molar-refractivity contribution is 5.56. The quantitative estimate of drug-likeness (QED) is 0.939. The molecule has 1 saturated carbocycles. The van der Waals surface area contributed by atoms with Crippen LogP contribution in [0.15, 0.2) is 36.7 Å². The molecule has 2 aromatic rings. The van der Waals surface area contributed by atoms with E-state index in [0.717, 1.165) is 12.8 Å². The van der Waals surface area contributed by atoms with Crippen LogP contribution in [-0.4, -0.2) is 21.4 Å². The summed E-state index contributed by atoms with van der Waals surface area (Å²) in [5.74, 6) is 0.371. The smallest absolute Gasteiger partial charge is 0.406 e. The number of aliphatic hydroxyl groups is 1. The Morgan fingerprint density at radius 1 is 1.09 bits per heavy atom. The van der Waals surface area contributed by atoms with Crippen LogP contribution in [0.25, 0.3) is 11.4 Å². The fraction of sp³-hybridized carbons (Fsp3) is 0.333. The van der Waals surface area contributed by atoms with Gasteiger partial charge in [-0.3, -0.25) is 0 Å². The molecule has 4 nitrogen and oxygen atoms in total. The Labute approximate surface area is 124 Å². The molecule has 7 heteroatoms.